The van der Waals surface area contributed by atoms with Crippen LogP contribution in [0.15, 0.2) is 60.2 Å². The smallest absolute Gasteiger partial charge is 0.00604 e. The van der Waals surface area contributed by atoms with Crippen LogP contribution in [0.1, 0.15) is 43.4 Å². The Morgan fingerprint density at radius 3 is 2.35 bits per heavy atom. The predicted molar refractivity (Wildman–Crippen MR) is 86.8 cm³/mol. The highest BCUT2D eigenvalue weighted by atomic mass is 14.3. The van der Waals surface area contributed by atoms with E-state index in [1.807, 2.05) is 0 Å². The molecule has 0 heterocycles. The molecule has 2 aromatic carbocycles. The number of rotatable bonds is 3. The van der Waals surface area contributed by atoms with Gasteiger partial charge in [0.1, 0.15) is 0 Å². The summed E-state index contributed by atoms with van der Waals surface area (Å²) in [6.45, 7) is 4.72. The first-order valence-corrected chi connectivity index (χ1v) is 7.48. The average molecular weight is 262 g/mol. The lowest BCUT2D eigenvalue weighted by atomic mass is 9.72. The van der Waals surface area contributed by atoms with E-state index in [0.29, 0.717) is 0 Å². The van der Waals surface area contributed by atoms with Crippen LogP contribution in [0.2, 0.25) is 0 Å². The molecule has 0 fully saturated rings. The molecule has 0 amide bonds. The lowest BCUT2D eigenvalue weighted by Gasteiger charge is -2.32. The summed E-state index contributed by atoms with van der Waals surface area (Å²) in [5.74, 6) is 0. The highest BCUT2D eigenvalue weighted by molar-refractivity contribution is 5.62. The highest BCUT2D eigenvalue weighted by Crippen LogP contribution is 2.39. The number of benzene rings is 2. The minimum Gasteiger partial charge on any atom is -0.0684 e. The normalized spacial score (nSPS) is 16.4. The molecular formula is C20H22. The fourth-order valence-electron chi connectivity index (χ4n) is 3.28. The maximum Gasteiger partial charge on any atom is -0.00604 e. The van der Waals surface area contributed by atoms with Crippen molar-refractivity contribution in [3.05, 3.63) is 76.9 Å². The van der Waals surface area contributed by atoms with Gasteiger partial charge in [0.2, 0.25) is 0 Å². The molecule has 0 unspecified atom stereocenters. The Kier molecular flexibility index (Phi) is 3.48. The van der Waals surface area contributed by atoms with E-state index in [0.717, 1.165) is 6.42 Å². The third-order valence-corrected chi connectivity index (χ3v) is 4.30. The summed E-state index contributed by atoms with van der Waals surface area (Å²) in [7, 11) is 0. The van der Waals surface area contributed by atoms with Crippen molar-refractivity contribution in [2.75, 3.05) is 0 Å². The number of aryl methyl sites for hydroxylation is 1. The molecule has 0 atom stereocenters. The van der Waals surface area contributed by atoms with Crippen molar-refractivity contribution in [3.8, 4) is 0 Å². The molecule has 2 aromatic rings. The van der Waals surface area contributed by atoms with E-state index < -0.39 is 0 Å². The minimum atomic E-state index is 0.261. The number of hydrogen-bond acceptors (Lipinski definition) is 0. The summed E-state index contributed by atoms with van der Waals surface area (Å²) in [6.07, 6.45) is 5.90. The van der Waals surface area contributed by atoms with Crippen molar-refractivity contribution in [1.29, 1.82) is 0 Å². The topological polar surface area (TPSA) is 0 Å². The maximum absolute atomic E-state index is 2.41. The molecule has 0 heteroatoms. The standard InChI is InChI=1S/C20H22/c1-20(2)15-17(13-12-16-8-4-3-5-9-16)14-18-10-6-7-11-19(18)20/h3-11,14H,12-13,15H2,1-2H3. The molecule has 3 rings (SSSR count). The van der Waals surface area contributed by atoms with Gasteiger partial charge in [0.05, 0.1) is 0 Å². The Morgan fingerprint density at radius 2 is 1.55 bits per heavy atom. The molecule has 1 aliphatic rings. The second-order valence-electron chi connectivity index (χ2n) is 6.44. The van der Waals surface area contributed by atoms with Gasteiger partial charge in [-0.15, -0.1) is 0 Å². The zero-order valence-electron chi connectivity index (χ0n) is 12.4. The van der Waals surface area contributed by atoms with E-state index in [-0.39, 0.29) is 5.41 Å². The van der Waals surface area contributed by atoms with E-state index in [4.69, 9.17) is 0 Å². The Morgan fingerprint density at radius 1 is 0.850 bits per heavy atom. The molecule has 0 aromatic heterocycles. The van der Waals surface area contributed by atoms with Crippen LogP contribution in [-0.2, 0) is 11.8 Å². The van der Waals surface area contributed by atoms with Gasteiger partial charge in [-0.3, -0.25) is 0 Å². The van der Waals surface area contributed by atoms with Crippen molar-refractivity contribution >= 4 is 6.08 Å². The Bertz CT molecular complexity index is 617. The summed E-state index contributed by atoms with van der Waals surface area (Å²) in [5, 5.41) is 0. The van der Waals surface area contributed by atoms with E-state index in [9.17, 15) is 0 Å². The van der Waals surface area contributed by atoms with Gasteiger partial charge in [0.25, 0.3) is 0 Å². The Hall–Kier alpha value is -1.82. The summed E-state index contributed by atoms with van der Waals surface area (Å²) in [6, 6.07) is 19.6. The molecule has 0 nitrogen and oxygen atoms in total. The third-order valence-electron chi connectivity index (χ3n) is 4.30. The molecule has 0 N–H and O–H groups in total. The minimum absolute atomic E-state index is 0.261. The second-order valence-corrected chi connectivity index (χ2v) is 6.44. The predicted octanol–water partition coefficient (Wildman–Crippen LogP) is 5.38. The van der Waals surface area contributed by atoms with E-state index in [1.54, 1.807) is 5.57 Å². The summed E-state index contributed by atoms with van der Waals surface area (Å²) in [5.41, 5.74) is 6.18. The lowest BCUT2D eigenvalue weighted by molar-refractivity contribution is 0.505. The van der Waals surface area contributed by atoms with Crippen LogP contribution in [0.4, 0.5) is 0 Å². The van der Waals surface area contributed by atoms with Crippen LogP contribution < -0.4 is 0 Å². The molecule has 102 valence electrons. The molecule has 0 saturated heterocycles. The first-order valence-electron chi connectivity index (χ1n) is 7.48. The number of fused-ring (bicyclic) bond motifs is 1. The summed E-state index contributed by atoms with van der Waals surface area (Å²) < 4.78 is 0. The summed E-state index contributed by atoms with van der Waals surface area (Å²) >= 11 is 0. The first-order chi connectivity index (χ1) is 9.65. The van der Waals surface area contributed by atoms with Gasteiger partial charge in [-0.1, -0.05) is 80.1 Å². The molecule has 20 heavy (non-hydrogen) atoms. The van der Waals surface area contributed by atoms with Gasteiger partial charge in [-0.2, -0.15) is 0 Å². The summed E-state index contributed by atoms with van der Waals surface area (Å²) in [4.78, 5) is 0. The molecule has 1 aliphatic carbocycles. The van der Waals surface area contributed by atoms with E-state index >= 15 is 0 Å². The van der Waals surface area contributed by atoms with Crippen LogP contribution >= 0.6 is 0 Å². The van der Waals surface area contributed by atoms with Crippen LogP contribution in [0, 0.1) is 0 Å². The Labute approximate surface area is 122 Å². The van der Waals surface area contributed by atoms with Crippen molar-refractivity contribution in [1.82, 2.24) is 0 Å². The number of hydrogen-bond donors (Lipinski definition) is 0. The monoisotopic (exact) mass is 262 g/mol. The van der Waals surface area contributed by atoms with Gasteiger partial charge < -0.3 is 0 Å². The SMILES string of the molecule is CC1(C)CC(CCc2ccccc2)=Cc2ccccc21. The Balaban J connectivity index is 1.80. The van der Waals surface area contributed by atoms with Gasteiger partial charge in [0.15, 0.2) is 0 Å². The van der Waals surface area contributed by atoms with Crippen molar-refractivity contribution in [2.24, 2.45) is 0 Å². The fourth-order valence-corrected chi connectivity index (χ4v) is 3.28. The van der Waals surface area contributed by atoms with Gasteiger partial charge >= 0.3 is 0 Å². The number of allylic oxidation sites excluding steroid dienone is 1. The molecule has 0 saturated carbocycles. The van der Waals surface area contributed by atoms with Gasteiger partial charge in [0, 0.05) is 0 Å². The van der Waals surface area contributed by atoms with Crippen molar-refractivity contribution in [2.45, 2.75) is 38.5 Å². The fraction of sp³-hybridized carbons (Fsp3) is 0.300. The van der Waals surface area contributed by atoms with Crippen LogP contribution in [0.3, 0.4) is 0 Å². The van der Waals surface area contributed by atoms with Gasteiger partial charge in [-0.05, 0) is 41.4 Å². The molecule has 0 aliphatic heterocycles. The van der Waals surface area contributed by atoms with Gasteiger partial charge in [-0.25, -0.2) is 0 Å². The van der Waals surface area contributed by atoms with Crippen molar-refractivity contribution < 1.29 is 0 Å². The molecular weight excluding hydrogens is 240 g/mol. The largest absolute Gasteiger partial charge is 0.0684 e. The molecule has 0 bridgehead atoms. The zero-order chi connectivity index (χ0) is 14.0. The van der Waals surface area contributed by atoms with Crippen LogP contribution in [0.5, 0.6) is 0 Å². The maximum atomic E-state index is 2.41. The highest BCUT2D eigenvalue weighted by Gasteiger charge is 2.27. The molecule has 0 radical (unpaired) electrons. The van der Waals surface area contributed by atoms with Crippen LogP contribution in [0.25, 0.3) is 6.08 Å². The van der Waals surface area contributed by atoms with Crippen LogP contribution in [-0.4, -0.2) is 0 Å². The zero-order valence-corrected chi connectivity index (χ0v) is 12.4. The third kappa shape index (κ3) is 2.70. The first kappa shape index (κ1) is 13.2. The van der Waals surface area contributed by atoms with Crippen molar-refractivity contribution in [3.63, 3.8) is 0 Å². The lowest BCUT2D eigenvalue weighted by Crippen LogP contribution is -2.22. The average Bonchev–Trinajstić information content (AvgIpc) is 2.46. The quantitative estimate of drug-likeness (QED) is 0.696. The van der Waals surface area contributed by atoms with E-state index in [2.05, 4.69) is 74.5 Å². The van der Waals surface area contributed by atoms with E-state index in [1.165, 1.54) is 29.5 Å². The second kappa shape index (κ2) is 5.28. The molecule has 0 spiro atoms.